The molecule has 0 saturated carbocycles. The molecule has 1 aliphatic heterocycles. The lowest BCUT2D eigenvalue weighted by molar-refractivity contribution is -0.121. The van der Waals surface area contributed by atoms with Crippen LogP contribution in [0.2, 0.25) is 0 Å². The monoisotopic (exact) mass is 541 g/mol. The van der Waals surface area contributed by atoms with E-state index in [-0.39, 0.29) is 16.8 Å². The molecule has 0 bridgehead atoms. The van der Waals surface area contributed by atoms with Crippen molar-refractivity contribution in [2.45, 2.75) is 31.2 Å². The van der Waals surface area contributed by atoms with Crippen LogP contribution in [0.15, 0.2) is 46.8 Å². The van der Waals surface area contributed by atoms with Gasteiger partial charge in [0, 0.05) is 16.0 Å². The zero-order chi connectivity index (χ0) is 22.3. The van der Waals surface area contributed by atoms with E-state index in [1.54, 1.807) is 13.1 Å². The maximum absolute atomic E-state index is 13.2. The molecular formula is C19H20IN5O4S. The Hall–Kier alpha value is -2.38. The normalized spacial score (nSPS) is 16.6. The molecule has 0 fully saturated rings. The highest BCUT2D eigenvalue weighted by Crippen LogP contribution is 2.46. The van der Waals surface area contributed by atoms with E-state index < -0.39 is 15.3 Å². The Balaban J connectivity index is 2.15. The van der Waals surface area contributed by atoms with Crippen LogP contribution in [-0.2, 0) is 20.0 Å². The third kappa shape index (κ3) is 4.09. The predicted octanol–water partition coefficient (Wildman–Crippen LogP) is 2.97. The standard InChI is InChI=1S/C19H20IN5O4S/c1-11(24-27)22-8-14(20)12-5-6-13-15(7-12)25(18(26)19(13,2)3)16-9-21-10-17(23-16)30(4,28)29/h5-10,27H,1-4H3,(H,22,24)/b14-8-. The van der Waals surface area contributed by atoms with Gasteiger partial charge in [-0.1, -0.05) is 12.1 Å². The maximum atomic E-state index is 13.2. The molecule has 0 atom stereocenters. The van der Waals surface area contributed by atoms with E-state index >= 15 is 0 Å². The first-order valence-corrected chi connectivity index (χ1v) is 11.8. The highest BCUT2D eigenvalue weighted by molar-refractivity contribution is 14.1. The first kappa shape index (κ1) is 22.3. The molecule has 0 radical (unpaired) electrons. The average molecular weight is 541 g/mol. The number of aliphatic imine (C=N–C) groups is 1. The minimum Gasteiger partial charge on any atom is -0.290 e. The third-order valence-electron chi connectivity index (χ3n) is 4.67. The SMILES string of the molecule is C/C(=N/C=C(\I)c1ccc2c(c1)N(c1cncc(S(C)(=O)=O)n1)C(=O)C2(C)C)NO. The van der Waals surface area contributed by atoms with Crippen LogP contribution in [-0.4, -0.2) is 41.6 Å². The van der Waals surface area contributed by atoms with Crippen LogP contribution >= 0.6 is 22.6 Å². The lowest BCUT2D eigenvalue weighted by Crippen LogP contribution is -2.33. The van der Waals surface area contributed by atoms with Crippen molar-refractivity contribution in [1.29, 1.82) is 0 Å². The molecule has 0 spiro atoms. The zero-order valence-corrected chi connectivity index (χ0v) is 19.7. The number of amides is 1. The summed E-state index contributed by atoms with van der Waals surface area (Å²) in [5.41, 5.74) is 3.34. The fraction of sp³-hybridized carbons (Fsp3) is 0.263. The van der Waals surface area contributed by atoms with Gasteiger partial charge in [0.25, 0.3) is 0 Å². The summed E-state index contributed by atoms with van der Waals surface area (Å²) < 4.78 is 24.6. The van der Waals surface area contributed by atoms with Crippen molar-refractivity contribution in [2.75, 3.05) is 11.2 Å². The molecule has 0 unspecified atom stereocenters. The number of anilines is 2. The van der Waals surface area contributed by atoms with Gasteiger partial charge in [0.15, 0.2) is 20.7 Å². The highest BCUT2D eigenvalue weighted by atomic mass is 127. The largest absolute Gasteiger partial charge is 0.290 e. The van der Waals surface area contributed by atoms with Crippen molar-refractivity contribution in [3.63, 3.8) is 0 Å². The third-order valence-corrected chi connectivity index (χ3v) is 6.53. The smallest absolute Gasteiger partial charge is 0.242 e. The number of carbonyl (C=O) groups excluding carboxylic acids is 1. The van der Waals surface area contributed by atoms with Crippen LogP contribution in [0.1, 0.15) is 31.9 Å². The number of carbonyl (C=O) groups is 1. The minimum atomic E-state index is -3.58. The summed E-state index contributed by atoms with van der Waals surface area (Å²) in [5, 5.41) is 8.66. The van der Waals surface area contributed by atoms with E-state index in [1.807, 2.05) is 37.5 Å². The van der Waals surface area contributed by atoms with Gasteiger partial charge in [-0.2, -0.15) is 0 Å². The summed E-state index contributed by atoms with van der Waals surface area (Å²) in [6.45, 7) is 5.23. The number of benzene rings is 1. The van der Waals surface area contributed by atoms with E-state index in [4.69, 9.17) is 5.21 Å². The Morgan fingerprint density at radius 2 is 2.03 bits per heavy atom. The number of aromatic nitrogens is 2. The van der Waals surface area contributed by atoms with Crippen molar-refractivity contribution in [2.24, 2.45) is 4.99 Å². The number of halogens is 1. The molecule has 0 aliphatic carbocycles. The van der Waals surface area contributed by atoms with Crippen molar-refractivity contribution in [3.8, 4) is 0 Å². The second kappa shape index (κ2) is 8.04. The Morgan fingerprint density at radius 3 is 2.67 bits per heavy atom. The average Bonchev–Trinajstić information content (AvgIpc) is 2.90. The van der Waals surface area contributed by atoms with E-state index in [2.05, 4.69) is 37.6 Å². The molecule has 1 amide bonds. The second-order valence-electron chi connectivity index (χ2n) is 7.29. The lowest BCUT2D eigenvalue weighted by atomic mass is 9.86. The van der Waals surface area contributed by atoms with Crippen molar-refractivity contribution < 1.29 is 18.4 Å². The molecule has 3 rings (SSSR count). The van der Waals surface area contributed by atoms with E-state index in [9.17, 15) is 13.2 Å². The first-order chi connectivity index (χ1) is 14.0. The number of amidine groups is 1. The van der Waals surface area contributed by atoms with E-state index in [0.29, 0.717) is 11.5 Å². The Labute approximate surface area is 188 Å². The summed E-state index contributed by atoms with van der Waals surface area (Å²) in [5.74, 6) is 0.243. The van der Waals surface area contributed by atoms with E-state index in [0.717, 1.165) is 27.2 Å². The summed E-state index contributed by atoms with van der Waals surface area (Å²) in [6, 6.07) is 5.57. The zero-order valence-electron chi connectivity index (χ0n) is 16.7. The Bertz CT molecular complexity index is 1190. The number of fused-ring (bicyclic) bond motifs is 1. The van der Waals surface area contributed by atoms with Gasteiger partial charge in [0.1, 0.15) is 5.84 Å². The lowest BCUT2D eigenvalue weighted by Gasteiger charge is -2.19. The summed E-state index contributed by atoms with van der Waals surface area (Å²) in [6.07, 6.45) is 5.14. The number of hydroxylamine groups is 1. The van der Waals surface area contributed by atoms with Gasteiger partial charge in [-0.15, -0.1) is 0 Å². The van der Waals surface area contributed by atoms with Gasteiger partial charge in [0.2, 0.25) is 5.91 Å². The van der Waals surface area contributed by atoms with Crippen LogP contribution in [0.25, 0.3) is 3.58 Å². The van der Waals surface area contributed by atoms with Gasteiger partial charge < -0.3 is 0 Å². The molecule has 2 heterocycles. The van der Waals surface area contributed by atoms with Crippen molar-refractivity contribution in [3.05, 3.63) is 47.9 Å². The van der Waals surface area contributed by atoms with Crippen LogP contribution < -0.4 is 10.4 Å². The summed E-state index contributed by atoms with van der Waals surface area (Å²) in [4.78, 5) is 26.8. The van der Waals surface area contributed by atoms with Gasteiger partial charge in [-0.05, 0) is 60.6 Å². The number of nitrogens with one attached hydrogen (secondary N) is 1. The molecule has 2 N–H and O–H groups in total. The van der Waals surface area contributed by atoms with Crippen LogP contribution in [0.4, 0.5) is 11.5 Å². The number of nitrogens with zero attached hydrogens (tertiary/aromatic N) is 4. The van der Waals surface area contributed by atoms with Gasteiger partial charge in [-0.3, -0.25) is 25.4 Å². The molecule has 1 aromatic carbocycles. The first-order valence-electron chi connectivity index (χ1n) is 8.78. The fourth-order valence-corrected chi connectivity index (χ4v) is 3.99. The minimum absolute atomic E-state index is 0.143. The van der Waals surface area contributed by atoms with Gasteiger partial charge in [0.05, 0.1) is 23.5 Å². The van der Waals surface area contributed by atoms with Crippen molar-refractivity contribution >= 4 is 59.3 Å². The molecule has 30 heavy (non-hydrogen) atoms. The quantitative estimate of drug-likeness (QED) is 0.264. The summed E-state index contributed by atoms with van der Waals surface area (Å²) in [7, 11) is -3.58. The van der Waals surface area contributed by atoms with Crippen molar-refractivity contribution in [1.82, 2.24) is 15.4 Å². The number of rotatable bonds is 4. The molecule has 11 heteroatoms. The molecule has 9 nitrogen and oxygen atoms in total. The molecule has 1 aromatic heterocycles. The highest BCUT2D eigenvalue weighted by Gasteiger charge is 2.45. The second-order valence-corrected chi connectivity index (χ2v) is 10.4. The molecule has 1 aliphatic rings. The van der Waals surface area contributed by atoms with Gasteiger partial charge in [-0.25, -0.2) is 18.4 Å². The molecule has 2 aromatic rings. The van der Waals surface area contributed by atoms with E-state index in [1.165, 1.54) is 11.1 Å². The number of sulfone groups is 1. The number of hydrogen-bond donors (Lipinski definition) is 2. The van der Waals surface area contributed by atoms with Gasteiger partial charge >= 0.3 is 0 Å². The van der Waals surface area contributed by atoms with Crippen LogP contribution in [0, 0.1) is 0 Å². The topological polar surface area (TPSA) is 125 Å². The van der Waals surface area contributed by atoms with Crippen LogP contribution in [0.5, 0.6) is 0 Å². The Kier molecular flexibility index (Phi) is 5.98. The predicted molar refractivity (Wildman–Crippen MR) is 122 cm³/mol. The Morgan fingerprint density at radius 1 is 1.33 bits per heavy atom. The molecule has 0 saturated heterocycles. The molecule has 158 valence electrons. The molecular weight excluding hydrogens is 521 g/mol. The summed E-state index contributed by atoms with van der Waals surface area (Å²) >= 11 is 2.11. The van der Waals surface area contributed by atoms with Crippen LogP contribution in [0.3, 0.4) is 0 Å². The fourth-order valence-electron chi connectivity index (χ4n) is 3.01. The maximum Gasteiger partial charge on any atom is 0.242 e. The number of hydrogen-bond acceptors (Lipinski definition) is 7.